The maximum absolute atomic E-state index is 10.7. The molecular formula is C12H11NO3. The van der Waals surface area contributed by atoms with Gasteiger partial charge in [-0.05, 0) is 25.5 Å². The molecular weight excluding hydrogens is 206 g/mol. The normalized spacial score (nSPS) is 10.4. The van der Waals surface area contributed by atoms with Crippen molar-refractivity contribution >= 4 is 5.97 Å². The SMILES string of the molecule is Cc1ccc(C)c(-c2cc(C(=O)O)no2)c1. The first kappa shape index (κ1) is 10.4. The van der Waals surface area contributed by atoms with Gasteiger partial charge in [-0.15, -0.1) is 0 Å². The van der Waals surface area contributed by atoms with Crippen LogP contribution in [0.3, 0.4) is 0 Å². The van der Waals surface area contributed by atoms with E-state index in [1.54, 1.807) is 0 Å². The molecule has 0 saturated carbocycles. The first-order chi connectivity index (χ1) is 7.58. The summed E-state index contributed by atoms with van der Waals surface area (Å²) in [7, 11) is 0. The van der Waals surface area contributed by atoms with E-state index in [0.717, 1.165) is 16.7 Å². The molecule has 4 heteroatoms. The van der Waals surface area contributed by atoms with Crippen molar-refractivity contribution in [2.75, 3.05) is 0 Å². The summed E-state index contributed by atoms with van der Waals surface area (Å²) in [5, 5.41) is 12.2. The van der Waals surface area contributed by atoms with Crippen LogP contribution in [0.2, 0.25) is 0 Å². The molecule has 0 aliphatic heterocycles. The molecule has 0 fully saturated rings. The number of hydrogen-bond donors (Lipinski definition) is 1. The van der Waals surface area contributed by atoms with E-state index in [1.165, 1.54) is 6.07 Å². The molecule has 2 aromatic rings. The summed E-state index contributed by atoms with van der Waals surface area (Å²) in [5.41, 5.74) is 2.92. The zero-order valence-electron chi connectivity index (χ0n) is 9.02. The Morgan fingerprint density at radius 3 is 2.69 bits per heavy atom. The van der Waals surface area contributed by atoms with Crippen LogP contribution in [0.5, 0.6) is 0 Å². The lowest BCUT2D eigenvalue weighted by Gasteiger charge is -2.02. The molecule has 0 spiro atoms. The highest BCUT2D eigenvalue weighted by atomic mass is 16.5. The maximum Gasteiger partial charge on any atom is 0.358 e. The third kappa shape index (κ3) is 1.82. The van der Waals surface area contributed by atoms with E-state index in [9.17, 15) is 4.79 Å². The highest BCUT2D eigenvalue weighted by Gasteiger charge is 2.13. The molecule has 1 heterocycles. The number of hydrogen-bond acceptors (Lipinski definition) is 3. The van der Waals surface area contributed by atoms with Crippen LogP contribution in [0.25, 0.3) is 11.3 Å². The lowest BCUT2D eigenvalue weighted by molar-refractivity contribution is 0.0686. The van der Waals surface area contributed by atoms with Crippen LogP contribution in [0.1, 0.15) is 21.6 Å². The van der Waals surface area contributed by atoms with Crippen molar-refractivity contribution in [2.24, 2.45) is 0 Å². The van der Waals surface area contributed by atoms with Crippen LogP contribution in [0.4, 0.5) is 0 Å². The summed E-state index contributed by atoms with van der Waals surface area (Å²) in [6, 6.07) is 7.34. The van der Waals surface area contributed by atoms with E-state index in [0.29, 0.717) is 5.76 Å². The second kappa shape index (κ2) is 3.81. The number of rotatable bonds is 2. The Hall–Kier alpha value is -2.10. The van der Waals surface area contributed by atoms with Gasteiger partial charge in [-0.1, -0.05) is 22.9 Å². The second-order valence-corrected chi connectivity index (χ2v) is 3.70. The van der Waals surface area contributed by atoms with Crippen molar-refractivity contribution in [3.05, 3.63) is 41.1 Å². The quantitative estimate of drug-likeness (QED) is 0.839. The van der Waals surface area contributed by atoms with Crippen LogP contribution >= 0.6 is 0 Å². The highest BCUT2D eigenvalue weighted by Crippen LogP contribution is 2.25. The number of carboxylic acid groups (broad SMARTS) is 1. The fraction of sp³-hybridized carbons (Fsp3) is 0.167. The largest absolute Gasteiger partial charge is 0.476 e. The van der Waals surface area contributed by atoms with Gasteiger partial charge in [-0.25, -0.2) is 4.79 Å². The smallest absolute Gasteiger partial charge is 0.358 e. The Morgan fingerprint density at radius 2 is 2.06 bits per heavy atom. The van der Waals surface area contributed by atoms with Gasteiger partial charge in [0.05, 0.1) is 0 Å². The van der Waals surface area contributed by atoms with Gasteiger partial charge in [0.15, 0.2) is 11.5 Å². The second-order valence-electron chi connectivity index (χ2n) is 3.70. The average Bonchev–Trinajstić information content (AvgIpc) is 2.70. The molecule has 1 N–H and O–H groups in total. The maximum atomic E-state index is 10.7. The van der Waals surface area contributed by atoms with Crippen LogP contribution in [-0.2, 0) is 0 Å². The van der Waals surface area contributed by atoms with Crippen LogP contribution in [0, 0.1) is 13.8 Å². The van der Waals surface area contributed by atoms with Gasteiger partial charge in [0.25, 0.3) is 0 Å². The topological polar surface area (TPSA) is 63.3 Å². The molecule has 0 aliphatic rings. The van der Waals surface area contributed by atoms with Gasteiger partial charge in [-0.2, -0.15) is 0 Å². The number of aromatic nitrogens is 1. The molecule has 0 saturated heterocycles. The van der Waals surface area contributed by atoms with Gasteiger partial charge in [-0.3, -0.25) is 0 Å². The predicted molar refractivity (Wildman–Crippen MR) is 58.4 cm³/mol. The van der Waals surface area contributed by atoms with E-state index >= 15 is 0 Å². The van der Waals surface area contributed by atoms with Crippen LogP contribution in [-0.4, -0.2) is 16.2 Å². The van der Waals surface area contributed by atoms with Crippen molar-refractivity contribution in [3.63, 3.8) is 0 Å². The summed E-state index contributed by atoms with van der Waals surface area (Å²) < 4.78 is 5.02. The molecule has 2 rings (SSSR count). The molecule has 4 nitrogen and oxygen atoms in total. The molecule has 0 aliphatic carbocycles. The Bertz CT molecular complexity index is 543. The van der Waals surface area contributed by atoms with Gasteiger partial charge in [0.1, 0.15) is 0 Å². The number of aromatic carboxylic acids is 1. The van der Waals surface area contributed by atoms with E-state index in [4.69, 9.17) is 9.63 Å². The number of carboxylic acids is 1. The van der Waals surface area contributed by atoms with Crippen molar-refractivity contribution in [1.82, 2.24) is 5.16 Å². The first-order valence-electron chi connectivity index (χ1n) is 4.85. The van der Waals surface area contributed by atoms with Gasteiger partial charge < -0.3 is 9.63 Å². The average molecular weight is 217 g/mol. The number of nitrogens with zero attached hydrogens (tertiary/aromatic N) is 1. The Labute approximate surface area is 92.5 Å². The van der Waals surface area contributed by atoms with Crippen molar-refractivity contribution in [3.8, 4) is 11.3 Å². The molecule has 1 aromatic carbocycles. The summed E-state index contributed by atoms with van der Waals surface area (Å²) in [5.74, 6) is -0.598. The summed E-state index contributed by atoms with van der Waals surface area (Å²) in [6.45, 7) is 3.91. The Balaban J connectivity index is 2.50. The van der Waals surface area contributed by atoms with E-state index < -0.39 is 5.97 Å². The van der Waals surface area contributed by atoms with Crippen LogP contribution in [0.15, 0.2) is 28.8 Å². The summed E-state index contributed by atoms with van der Waals surface area (Å²) >= 11 is 0. The third-order valence-electron chi connectivity index (χ3n) is 2.39. The molecule has 0 atom stereocenters. The standard InChI is InChI=1S/C12H11NO3/c1-7-3-4-8(2)9(5-7)11-6-10(12(14)15)13-16-11/h3-6H,1-2H3,(H,14,15). The summed E-state index contributed by atoms with van der Waals surface area (Å²) in [6.07, 6.45) is 0. The minimum Gasteiger partial charge on any atom is -0.476 e. The minimum atomic E-state index is -1.08. The lowest BCUT2D eigenvalue weighted by Crippen LogP contribution is -1.94. The van der Waals surface area contributed by atoms with E-state index in [1.807, 2.05) is 32.0 Å². The molecule has 0 unspecified atom stereocenters. The minimum absolute atomic E-state index is 0.0732. The predicted octanol–water partition coefficient (Wildman–Crippen LogP) is 2.66. The van der Waals surface area contributed by atoms with E-state index in [2.05, 4.69) is 5.16 Å². The van der Waals surface area contributed by atoms with Crippen molar-refractivity contribution < 1.29 is 14.4 Å². The highest BCUT2D eigenvalue weighted by molar-refractivity contribution is 5.86. The Morgan fingerprint density at radius 1 is 1.31 bits per heavy atom. The fourth-order valence-electron chi connectivity index (χ4n) is 1.50. The van der Waals surface area contributed by atoms with Crippen molar-refractivity contribution in [1.29, 1.82) is 0 Å². The molecule has 0 amide bonds. The summed E-state index contributed by atoms with van der Waals surface area (Å²) in [4.78, 5) is 10.7. The van der Waals surface area contributed by atoms with Gasteiger partial charge in [0.2, 0.25) is 0 Å². The van der Waals surface area contributed by atoms with Crippen LogP contribution < -0.4 is 0 Å². The molecule has 16 heavy (non-hydrogen) atoms. The number of benzene rings is 1. The Kier molecular flexibility index (Phi) is 2.48. The van der Waals surface area contributed by atoms with Crippen molar-refractivity contribution in [2.45, 2.75) is 13.8 Å². The molecule has 0 radical (unpaired) electrons. The lowest BCUT2D eigenvalue weighted by atomic mass is 10.0. The molecule has 82 valence electrons. The zero-order valence-corrected chi connectivity index (χ0v) is 9.02. The van der Waals surface area contributed by atoms with Gasteiger partial charge in [0, 0.05) is 11.6 Å². The molecule has 1 aromatic heterocycles. The zero-order chi connectivity index (χ0) is 11.7. The number of aryl methyl sites for hydroxylation is 2. The molecule has 0 bridgehead atoms. The van der Waals surface area contributed by atoms with E-state index in [-0.39, 0.29) is 5.69 Å². The fourth-order valence-corrected chi connectivity index (χ4v) is 1.50. The first-order valence-corrected chi connectivity index (χ1v) is 4.85. The van der Waals surface area contributed by atoms with Gasteiger partial charge >= 0.3 is 5.97 Å². The number of carbonyl (C=O) groups is 1. The monoisotopic (exact) mass is 217 g/mol. The third-order valence-corrected chi connectivity index (χ3v) is 2.39.